The second-order valence-corrected chi connectivity index (χ2v) is 4.37. The minimum Gasteiger partial charge on any atom is -0.339 e. The Kier molecular flexibility index (Phi) is 3.05. The Morgan fingerprint density at radius 2 is 2.07 bits per heavy atom. The molecule has 1 unspecified atom stereocenters. The van der Waals surface area contributed by atoms with Crippen molar-refractivity contribution in [2.75, 3.05) is 0 Å². The van der Waals surface area contributed by atoms with Crippen LogP contribution in [0.1, 0.15) is 63.2 Å². The Hall–Kier alpha value is -0.900. The van der Waals surface area contributed by atoms with Gasteiger partial charge in [-0.3, -0.25) is 0 Å². The van der Waals surface area contributed by atoms with Crippen LogP contribution in [0.25, 0.3) is 0 Å². The fourth-order valence-corrected chi connectivity index (χ4v) is 1.89. The molecule has 1 fully saturated rings. The zero-order valence-electron chi connectivity index (χ0n) is 9.44. The normalized spacial score (nSPS) is 18.4. The summed E-state index contributed by atoms with van der Waals surface area (Å²) in [6, 6.07) is -0.0729. The average Bonchev–Trinajstić information content (AvgIpc) is 2.98. The lowest BCUT2D eigenvalue weighted by atomic mass is 9.94. The monoisotopic (exact) mass is 209 g/mol. The number of aromatic nitrogens is 2. The minimum atomic E-state index is -0.0729. The predicted octanol–water partition coefficient (Wildman–Crippen LogP) is 2.38. The first-order valence-corrected chi connectivity index (χ1v) is 5.85. The summed E-state index contributed by atoms with van der Waals surface area (Å²) in [5.41, 5.74) is 6.11. The average molecular weight is 209 g/mol. The third kappa shape index (κ3) is 2.20. The summed E-state index contributed by atoms with van der Waals surface area (Å²) >= 11 is 0. The van der Waals surface area contributed by atoms with E-state index in [0.717, 1.165) is 18.7 Å². The molecule has 1 aromatic rings. The van der Waals surface area contributed by atoms with Crippen molar-refractivity contribution in [2.24, 2.45) is 11.7 Å². The lowest BCUT2D eigenvalue weighted by Crippen LogP contribution is -2.21. The Labute approximate surface area is 90.2 Å². The number of hydrogen-bond acceptors (Lipinski definition) is 4. The predicted molar refractivity (Wildman–Crippen MR) is 57.3 cm³/mol. The molecule has 2 N–H and O–H groups in total. The van der Waals surface area contributed by atoms with Crippen molar-refractivity contribution in [1.29, 1.82) is 0 Å². The fourth-order valence-electron chi connectivity index (χ4n) is 1.89. The smallest absolute Gasteiger partial charge is 0.229 e. The Balaban J connectivity index is 2.06. The number of nitrogens with two attached hydrogens (primary N) is 1. The van der Waals surface area contributed by atoms with Crippen LogP contribution in [-0.4, -0.2) is 10.1 Å². The summed E-state index contributed by atoms with van der Waals surface area (Å²) in [6.45, 7) is 4.30. The van der Waals surface area contributed by atoms with Crippen LogP contribution in [0.15, 0.2) is 4.52 Å². The second kappa shape index (κ2) is 4.31. The molecule has 84 valence electrons. The largest absolute Gasteiger partial charge is 0.339 e. The highest BCUT2D eigenvalue weighted by molar-refractivity contribution is 5.04. The van der Waals surface area contributed by atoms with Crippen LogP contribution in [0.5, 0.6) is 0 Å². The van der Waals surface area contributed by atoms with Gasteiger partial charge < -0.3 is 10.3 Å². The molecule has 1 atom stereocenters. The highest BCUT2D eigenvalue weighted by atomic mass is 16.5. The zero-order chi connectivity index (χ0) is 10.8. The van der Waals surface area contributed by atoms with Crippen molar-refractivity contribution in [3.05, 3.63) is 11.7 Å². The third-order valence-corrected chi connectivity index (χ3v) is 3.24. The molecule has 15 heavy (non-hydrogen) atoms. The van der Waals surface area contributed by atoms with E-state index >= 15 is 0 Å². The highest BCUT2D eigenvalue weighted by Crippen LogP contribution is 2.39. The molecule has 1 saturated carbocycles. The van der Waals surface area contributed by atoms with Crippen LogP contribution in [0.3, 0.4) is 0 Å². The summed E-state index contributed by atoms with van der Waals surface area (Å²) in [6.07, 6.45) is 4.49. The number of nitrogens with zero attached hydrogens (tertiary/aromatic N) is 2. The molecular weight excluding hydrogens is 190 g/mol. The Bertz CT molecular complexity index is 315. The van der Waals surface area contributed by atoms with Crippen molar-refractivity contribution in [1.82, 2.24) is 10.1 Å². The van der Waals surface area contributed by atoms with Gasteiger partial charge in [-0.05, 0) is 18.8 Å². The molecule has 0 bridgehead atoms. The molecule has 1 aromatic heterocycles. The SMILES string of the molecule is CCC(CC)C(N)c1noc(C2CC2)n1. The van der Waals surface area contributed by atoms with Crippen molar-refractivity contribution in [3.8, 4) is 0 Å². The van der Waals surface area contributed by atoms with Crippen LogP contribution in [0, 0.1) is 5.92 Å². The quantitative estimate of drug-likeness (QED) is 0.808. The molecule has 0 amide bonds. The molecule has 4 heteroatoms. The van der Waals surface area contributed by atoms with Crippen LogP contribution in [0.2, 0.25) is 0 Å². The molecule has 0 saturated heterocycles. The topological polar surface area (TPSA) is 64.9 Å². The molecule has 4 nitrogen and oxygen atoms in total. The van der Waals surface area contributed by atoms with Gasteiger partial charge in [-0.15, -0.1) is 0 Å². The van der Waals surface area contributed by atoms with Gasteiger partial charge in [0, 0.05) is 5.92 Å². The summed E-state index contributed by atoms with van der Waals surface area (Å²) in [4.78, 5) is 4.39. The first-order valence-electron chi connectivity index (χ1n) is 5.85. The summed E-state index contributed by atoms with van der Waals surface area (Å²) in [5.74, 6) is 2.44. The van der Waals surface area contributed by atoms with Crippen LogP contribution >= 0.6 is 0 Å². The van der Waals surface area contributed by atoms with Crippen molar-refractivity contribution in [3.63, 3.8) is 0 Å². The lowest BCUT2D eigenvalue weighted by molar-refractivity contribution is 0.347. The second-order valence-electron chi connectivity index (χ2n) is 4.37. The van der Waals surface area contributed by atoms with Crippen LogP contribution in [0.4, 0.5) is 0 Å². The van der Waals surface area contributed by atoms with Gasteiger partial charge in [-0.1, -0.05) is 31.8 Å². The maximum Gasteiger partial charge on any atom is 0.229 e. The van der Waals surface area contributed by atoms with Gasteiger partial charge in [0.25, 0.3) is 0 Å². The standard InChI is InChI=1S/C11H19N3O/c1-3-7(4-2)9(12)10-13-11(15-14-10)8-5-6-8/h7-9H,3-6,12H2,1-2H3. The fraction of sp³-hybridized carbons (Fsp3) is 0.818. The molecular formula is C11H19N3O. The minimum absolute atomic E-state index is 0.0729. The van der Waals surface area contributed by atoms with Gasteiger partial charge in [-0.25, -0.2) is 0 Å². The van der Waals surface area contributed by atoms with Crippen molar-refractivity contribution in [2.45, 2.75) is 51.5 Å². The van der Waals surface area contributed by atoms with E-state index in [1.807, 2.05) is 0 Å². The van der Waals surface area contributed by atoms with Gasteiger partial charge >= 0.3 is 0 Å². The first-order chi connectivity index (χ1) is 7.26. The highest BCUT2D eigenvalue weighted by Gasteiger charge is 2.31. The third-order valence-electron chi connectivity index (χ3n) is 3.24. The molecule has 1 aliphatic rings. The van der Waals surface area contributed by atoms with Gasteiger partial charge in [0.15, 0.2) is 5.82 Å². The number of hydrogen-bond donors (Lipinski definition) is 1. The van der Waals surface area contributed by atoms with Gasteiger partial charge in [-0.2, -0.15) is 4.98 Å². The van der Waals surface area contributed by atoms with E-state index in [1.165, 1.54) is 12.8 Å². The van der Waals surface area contributed by atoms with E-state index in [9.17, 15) is 0 Å². The summed E-state index contributed by atoms with van der Waals surface area (Å²) in [5, 5.41) is 3.98. The maximum atomic E-state index is 6.11. The van der Waals surface area contributed by atoms with Crippen molar-refractivity contribution >= 4 is 0 Å². The summed E-state index contributed by atoms with van der Waals surface area (Å²) in [7, 11) is 0. The van der Waals surface area contributed by atoms with Gasteiger partial charge in [0.1, 0.15) is 0 Å². The molecule has 2 rings (SSSR count). The van der Waals surface area contributed by atoms with Crippen LogP contribution < -0.4 is 5.73 Å². The Morgan fingerprint density at radius 3 is 2.60 bits per heavy atom. The van der Waals surface area contributed by atoms with Crippen molar-refractivity contribution < 1.29 is 4.52 Å². The zero-order valence-corrected chi connectivity index (χ0v) is 9.44. The lowest BCUT2D eigenvalue weighted by Gasteiger charge is -2.17. The van der Waals surface area contributed by atoms with Gasteiger partial charge in [0.2, 0.25) is 5.89 Å². The maximum absolute atomic E-state index is 6.11. The Morgan fingerprint density at radius 1 is 1.40 bits per heavy atom. The molecule has 0 aromatic carbocycles. The van der Waals surface area contributed by atoms with E-state index in [1.54, 1.807) is 0 Å². The van der Waals surface area contributed by atoms with E-state index < -0.39 is 0 Å². The van der Waals surface area contributed by atoms with Gasteiger partial charge in [0.05, 0.1) is 6.04 Å². The number of rotatable bonds is 5. The van der Waals surface area contributed by atoms with E-state index in [2.05, 4.69) is 24.0 Å². The van der Waals surface area contributed by atoms with E-state index in [-0.39, 0.29) is 6.04 Å². The summed E-state index contributed by atoms with van der Waals surface area (Å²) < 4.78 is 5.21. The first kappa shape index (κ1) is 10.6. The molecule has 0 radical (unpaired) electrons. The van der Waals surface area contributed by atoms with E-state index in [4.69, 9.17) is 10.3 Å². The van der Waals surface area contributed by atoms with Crippen LogP contribution in [-0.2, 0) is 0 Å². The molecule has 0 spiro atoms. The molecule has 1 aliphatic carbocycles. The molecule has 1 heterocycles. The van der Waals surface area contributed by atoms with E-state index in [0.29, 0.717) is 17.7 Å². The molecule has 0 aliphatic heterocycles.